The molecule has 2 heterocycles. The molecule has 2 N–H and O–H groups in total. The Kier molecular flexibility index (Phi) is 3.71. The van der Waals surface area contributed by atoms with E-state index >= 15 is 0 Å². The SMILES string of the molecule is NCCc1cn(CCCn2ccnc2)cn1. The van der Waals surface area contributed by atoms with E-state index < -0.39 is 0 Å². The summed E-state index contributed by atoms with van der Waals surface area (Å²) in [5, 5.41) is 0. The molecule has 0 aliphatic heterocycles. The fourth-order valence-electron chi connectivity index (χ4n) is 1.66. The van der Waals surface area contributed by atoms with Crippen LogP contribution in [0, 0.1) is 0 Å². The number of aryl methyl sites for hydroxylation is 2. The van der Waals surface area contributed by atoms with Crippen molar-refractivity contribution in [3.05, 3.63) is 36.9 Å². The highest BCUT2D eigenvalue weighted by molar-refractivity contribution is 4.96. The zero-order valence-corrected chi connectivity index (χ0v) is 9.29. The Labute approximate surface area is 94.9 Å². The van der Waals surface area contributed by atoms with Gasteiger partial charge in [-0.05, 0) is 13.0 Å². The van der Waals surface area contributed by atoms with Gasteiger partial charge >= 0.3 is 0 Å². The Morgan fingerprint density at radius 2 is 2.06 bits per heavy atom. The molecule has 0 atom stereocenters. The molecule has 0 aliphatic rings. The Hall–Kier alpha value is -1.62. The van der Waals surface area contributed by atoms with Gasteiger partial charge in [-0.15, -0.1) is 0 Å². The van der Waals surface area contributed by atoms with Crippen molar-refractivity contribution in [2.45, 2.75) is 25.9 Å². The molecule has 2 aromatic heterocycles. The Morgan fingerprint density at radius 3 is 2.81 bits per heavy atom. The molecule has 0 spiro atoms. The molecule has 16 heavy (non-hydrogen) atoms. The highest BCUT2D eigenvalue weighted by Gasteiger charge is 1.97. The van der Waals surface area contributed by atoms with Crippen molar-refractivity contribution in [2.75, 3.05) is 6.54 Å². The number of rotatable bonds is 6. The van der Waals surface area contributed by atoms with Crippen molar-refractivity contribution in [1.82, 2.24) is 19.1 Å². The summed E-state index contributed by atoms with van der Waals surface area (Å²) in [6, 6.07) is 0. The molecule has 86 valence electrons. The molecule has 0 saturated heterocycles. The second kappa shape index (κ2) is 5.46. The van der Waals surface area contributed by atoms with Crippen molar-refractivity contribution in [3.8, 4) is 0 Å². The first-order chi connectivity index (χ1) is 7.88. The minimum atomic E-state index is 0.659. The molecule has 0 aliphatic carbocycles. The lowest BCUT2D eigenvalue weighted by atomic mass is 10.3. The summed E-state index contributed by atoms with van der Waals surface area (Å²) in [4.78, 5) is 8.29. The minimum Gasteiger partial charge on any atom is -0.337 e. The summed E-state index contributed by atoms with van der Waals surface area (Å²) in [7, 11) is 0. The molecule has 2 aromatic rings. The van der Waals surface area contributed by atoms with Gasteiger partial charge in [-0.1, -0.05) is 0 Å². The van der Waals surface area contributed by atoms with Crippen molar-refractivity contribution < 1.29 is 0 Å². The maximum Gasteiger partial charge on any atom is 0.0949 e. The normalized spacial score (nSPS) is 10.8. The van der Waals surface area contributed by atoms with Crippen molar-refractivity contribution in [1.29, 1.82) is 0 Å². The largest absolute Gasteiger partial charge is 0.337 e. The molecule has 0 unspecified atom stereocenters. The van der Waals surface area contributed by atoms with Gasteiger partial charge in [0, 0.05) is 38.1 Å². The molecule has 2 rings (SSSR count). The van der Waals surface area contributed by atoms with E-state index in [2.05, 4.69) is 25.3 Å². The first-order valence-corrected chi connectivity index (χ1v) is 5.55. The van der Waals surface area contributed by atoms with Gasteiger partial charge in [-0.25, -0.2) is 9.97 Å². The molecule has 0 radical (unpaired) electrons. The molecule has 0 bridgehead atoms. The lowest BCUT2D eigenvalue weighted by Gasteiger charge is -2.02. The van der Waals surface area contributed by atoms with Gasteiger partial charge < -0.3 is 14.9 Å². The van der Waals surface area contributed by atoms with E-state index in [0.717, 1.165) is 31.6 Å². The number of nitrogens with two attached hydrogens (primary N) is 1. The van der Waals surface area contributed by atoms with Gasteiger partial charge in [0.25, 0.3) is 0 Å². The molecule has 0 fully saturated rings. The van der Waals surface area contributed by atoms with Crippen LogP contribution in [-0.2, 0) is 19.5 Å². The third kappa shape index (κ3) is 2.93. The predicted molar refractivity (Wildman–Crippen MR) is 61.8 cm³/mol. The quantitative estimate of drug-likeness (QED) is 0.776. The van der Waals surface area contributed by atoms with Gasteiger partial charge in [-0.2, -0.15) is 0 Å². The summed E-state index contributed by atoms with van der Waals surface area (Å²) in [6.45, 7) is 2.63. The Morgan fingerprint density at radius 1 is 1.19 bits per heavy atom. The highest BCUT2D eigenvalue weighted by Crippen LogP contribution is 1.99. The van der Waals surface area contributed by atoms with Crippen LogP contribution in [0.3, 0.4) is 0 Å². The molecule has 5 nitrogen and oxygen atoms in total. The topological polar surface area (TPSA) is 61.7 Å². The van der Waals surface area contributed by atoms with Gasteiger partial charge in [0.15, 0.2) is 0 Å². The summed E-state index contributed by atoms with van der Waals surface area (Å²) in [5.41, 5.74) is 6.55. The lowest BCUT2D eigenvalue weighted by molar-refractivity contribution is 0.563. The van der Waals surface area contributed by atoms with Gasteiger partial charge in [0.2, 0.25) is 0 Å². The molecule has 0 saturated carbocycles. The smallest absolute Gasteiger partial charge is 0.0949 e. The average Bonchev–Trinajstić information content (AvgIpc) is 2.90. The van der Waals surface area contributed by atoms with Gasteiger partial charge in [0.1, 0.15) is 0 Å². The van der Waals surface area contributed by atoms with E-state index in [4.69, 9.17) is 5.73 Å². The standard InChI is InChI=1S/C11H17N5/c12-3-2-11-8-16(10-14-11)6-1-5-15-7-4-13-9-15/h4,7-10H,1-3,5-6,12H2. The van der Waals surface area contributed by atoms with Crippen LogP contribution >= 0.6 is 0 Å². The third-order valence-electron chi connectivity index (χ3n) is 2.48. The predicted octanol–water partition coefficient (Wildman–Crippen LogP) is 0.671. The monoisotopic (exact) mass is 219 g/mol. The first-order valence-electron chi connectivity index (χ1n) is 5.55. The molecular formula is C11H17N5. The number of nitrogens with zero attached hydrogens (tertiary/aromatic N) is 4. The van der Waals surface area contributed by atoms with E-state index in [0.29, 0.717) is 6.54 Å². The van der Waals surface area contributed by atoms with Crippen LogP contribution in [0.1, 0.15) is 12.1 Å². The minimum absolute atomic E-state index is 0.659. The Balaban J connectivity index is 1.76. The summed E-state index contributed by atoms with van der Waals surface area (Å²) in [6.07, 6.45) is 11.5. The van der Waals surface area contributed by atoms with Crippen LogP contribution in [0.4, 0.5) is 0 Å². The lowest BCUT2D eigenvalue weighted by Crippen LogP contribution is -2.03. The van der Waals surface area contributed by atoms with Crippen LogP contribution in [0.25, 0.3) is 0 Å². The zero-order chi connectivity index (χ0) is 11.2. The summed E-state index contributed by atoms with van der Waals surface area (Å²) < 4.78 is 4.19. The van der Waals surface area contributed by atoms with E-state index in [-0.39, 0.29) is 0 Å². The summed E-state index contributed by atoms with van der Waals surface area (Å²) in [5.74, 6) is 0. The van der Waals surface area contributed by atoms with Crippen molar-refractivity contribution in [3.63, 3.8) is 0 Å². The first kappa shape index (κ1) is 10.9. The van der Waals surface area contributed by atoms with Crippen LogP contribution in [0.15, 0.2) is 31.2 Å². The number of hydrogen-bond acceptors (Lipinski definition) is 3. The zero-order valence-electron chi connectivity index (χ0n) is 9.29. The fraction of sp³-hybridized carbons (Fsp3) is 0.455. The van der Waals surface area contributed by atoms with Crippen LogP contribution in [-0.4, -0.2) is 25.6 Å². The molecular weight excluding hydrogens is 202 g/mol. The van der Waals surface area contributed by atoms with E-state index in [9.17, 15) is 0 Å². The fourth-order valence-corrected chi connectivity index (χ4v) is 1.66. The highest BCUT2D eigenvalue weighted by atomic mass is 15.0. The maximum absolute atomic E-state index is 5.47. The Bertz CT molecular complexity index is 404. The van der Waals surface area contributed by atoms with Crippen LogP contribution < -0.4 is 5.73 Å². The third-order valence-corrected chi connectivity index (χ3v) is 2.48. The second-order valence-electron chi connectivity index (χ2n) is 3.80. The van der Waals surface area contributed by atoms with E-state index in [1.54, 1.807) is 6.20 Å². The number of hydrogen-bond donors (Lipinski definition) is 1. The second-order valence-corrected chi connectivity index (χ2v) is 3.80. The van der Waals surface area contributed by atoms with Gasteiger partial charge in [0.05, 0.1) is 18.3 Å². The van der Waals surface area contributed by atoms with Gasteiger partial charge in [-0.3, -0.25) is 0 Å². The summed E-state index contributed by atoms with van der Waals surface area (Å²) >= 11 is 0. The van der Waals surface area contributed by atoms with E-state index in [1.807, 2.05) is 18.9 Å². The van der Waals surface area contributed by atoms with Crippen LogP contribution in [0.5, 0.6) is 0 Å². The maximum atomic E-state index is 5.47. The molecule has 5 heteroatoms. The number of aromatic nitrogens is 4. The number of imidazole rings is 2. The molecule has 0 aromatic carbocycles. The molecule has 0 amide bonds. The van der Waals surface area contributed by atoms with E-state index in [1.165, 1.54) is 0 Å². The average molecular weight is 219 g/mol. The van der Waals surface area contributed by atoms with Crippen molar-refractivity contribution in [2.24, 2.45) is 5.73 Å². The van der Waals surface area contributed by atoms with Crippen LogP contribution in [0.2, 0.25) is 0 Å². The van der Waals surface area contributed by atoms with Crippen molar-refractivity contribution >= 4 is 0 Å².